The Labute approximate surface area is 83.3 Å². The highest BCUT2D eigenvalue weighted by atomic mass is 16.4. The molecule has 0 bridgehead atoms. The lowest BCUT2D eigenvalue weighted by Gasteiger charge is -2.25. The fraction of sp³-hybridized carbons (Fsp3) is 0.125. The summed E-state index contributed by atoms with van der Waals surface area (Å²) in [4.78, 5) is 32.1. The number of allylic oxidation sites excluding steroid dienone is 2. The van der Waals surface area contributed by atoms with Gasteiger partial charge in [-0.1, -0.05) is 6.08 Å². The van der Waals surface area contributed by atoms with E-state index < -0.39 is 29.1 Å². The Balaban J connectivity index is 3.14. The van der Waals surface area contributed by atoms with Crippen LogP contribution in [0, 0.1) is 0 Å². The smallest absolute Gasteiger partial charge is 0.351 e. The molecule has 0 fully saturated rings. The van der Waals surface area contributed by atoms with Gasteiger partial charge in [-0.2, -0.15) is 0 Å². The van der Waals surface area contributed by atoms with Crippen LogP contribution in [0.15, 0.2) is 23.9 Å². The second-order valence-electron chi connectivity index (χ2n) is 2.79. The van der Waals surface area contributed by atoms with Gasteiger partial charge in [-0.3, -0.25) is 0 Å². The zero-order valence-corrected chi connectivity index (χ0v) is 7.30. The largest absolute Gasteiger partial charge is 0.479 e. The number of aliphatic carboxylic acids is 3. The molecule has 4 N–H and O–H groups in total. The molecule has 0 saturated carbocycles. The van der Waals surface area contributed by atoms with E-state index in [2.05, 4.69) is 0 Å². The molecule has 0 amide bonds. The number of carboxylic acids is 3. The van der Waals surface area contributed by atoms with Crippen molar-refractivity contribution < 1.29 is 29.7 Å². The van der Waals surface area contributed by atoms with Crippen LogP contribution >= 0.6 is 0 Å². The van der Waals surface area contributed by atoms with Crippen LogP contribution in [0.5, 0.6) is 0 Å². The van der Waals surface area contributed by atoms with Crippen molar-refractivity contribution in [3.63, 3.8) is 0 Å². The molecular formula is C8H7NO6. The van der Waals surface area contributed by atoms with Crippen molar-refractivity contribution >= 4 is 17.9 Å². The first-order valence-corrected chi connectivity index (χ1v) is 3.78. The van der Waals surface area contributed by atoms with Crippen molar-refractivity contribution in [1.82, 2.24) is 5.32 Å². The molecule has 0 aliphatic carbocycles. The number of carboxylic acid groups (broad SMARTS) is 3. The molecule has 7 nitrogen and oxygen atoms in total. The van der Waals surface area contributed by atoms with Crippen LogP contribution in [0.3, 0.4) is 0 Å². The number of hydrogen-bond acceptors (Lipinski definition) is 4. The first-order valence-electron chi connectivity index (χ1n) is 3.78. The van der Waals surface area contributed by atoms with Gasteiger partial charge in [-0.25, -0.2) is 14.4 Å². The fourth-order valence-electron chi connectivity index (χ4n) is 1.05. The maximum Gasteiger partial charge on any atom is 0.351 e. The molecule has 1 heterocycles. The van der Waals surface area contributed by atoms with Gasteiger partial charge in [-0.05, 0) is 12.2 Å². The molecule has 0 saturated heterocycles. The fourth-order valence-corrected chi connectivity index (χ4v) is 1.05. The summed E-state index contributed by atoms with van der Waals surface area (Å²) >= 11 is 0. The van der Waals surface area contributed by atoms with Gasteiger partial charge in [0.15, 0.2) is 0 Å². The zero-order valence-electron chi connectivity index (χ0n) is 7.30. The Morgan fingerprint density at radius 1 is 1.13 bits per heavy atom. The maximum atomic E-state index is 10.8. The summed E-state index contributed by atoms with van der Waals surface area (Å²) in [6, 6.07) is 0. The molecule has 0 unspecified atom stereocenters. The van der Waals surface area contributed by atoms with E-state index in [0.717, 1.165) is 18.2 Å². The van der Waals surface area contributed by atoms with Gasteiger partial charge in [0, 0.05) is 0 Å². The first kappa shape index (κ1) is 10.8. The highest BCUT2D eigenvalue weighted by Crippen LogP contribution is 2.15. The van der Waals surface area contributed by atoms with Crippen LogP contribution in [-0.2, 0) is 14.4 Å². The molecule has 1 rings (SSSR count). The summed E-state index contributed by atoms with van der Waals surface area (Å²) < 4.78 is 0. The lowest BCUT2D eigenvalue weighted by molar-refractivity contribution is -0.155. The Bertz CT molecular complexity index is 380. The molecule has 0 spiro atoms. The van der Waals surface area contributed by atoms with E-state index in [1.54, 1.807) is 0 Å². The van der Waals surface area contributed by atoms with Crippen LogP contribution in [0.25, 0.3) is 0 Å². The van der Waals surface area contributed by atoms with Crippen molar-refractivity contribution in [2.75, 3.05) is 0 Å². The summed E-state index contributed by atoms with van der Waals surface area (Å²) in [5.41, 5.74) is -2.90. The molecule has 0 aromatic carbocycles. The summed E-state index contributed by atoms with van der Waals surface area (Å²) in [7, 11) is 0. The van der Waals surface area contributed by atoms with E-state index in [0.29, 0.717) is 0 Å². The maximum absolute atomic E-state index is 10.8. The average molecular weight is 213 g/mol. The molecule has 15 heavy (non-hydrogen) atoms. The SMILES string of the molecule is O=C(O)C1=CC=CC(C(=O)O)(C(=O)O)N1. The van der Waals surface area contributed by atoms with Gasteiger partial charge in [-0.15, -0.1) is 0 Å². The van der Waals surface area contributed by atoms with Gasteiger partial charge in [0.2, 0.25) is 0 Å². The minimum Gasteiger partial charge on any atom is -0.479 e. The number of carbonyl (C=O) groups is 3. The topological polar surface area (TPSA) is 124 Å². The molecule has 80 valence electrons. The normalized spacial score (nSPS) is 17.5. The Kier molecular flexibility index (Phi) is 2.47. The van der Waals surface area contributed by atoms with Crippen molar-refractivity contribution in [1.29, 1.82) is 0 Å². The van der Waals surface area contributed by atoms with Crippen LogP contribution in [0.1, 0.15) is 0 Å². The van der Waals surface area contributed by atoms with Crippen LogP contribution in [0.4, 0.5) is 0 Å². The number of nitrogens with one attached hydrogen (secondary N) is 1. The van der Waals surface area contributed by atoms with E-state index >= 15 is 0 Å². The lowest BCUT2D eigenvalue weighted by atomic mass is 9.96. The molecule has 1 aliphatic heterocycles. The third-order valence-electron chi connectivity index (χ3n) is 1.85. The number of rotatable bonds is 3. The monoisotopic (exact) mass is 213 g/mol. The zero-order chi connectivity index (χ0) is 11.6. The Morgan fingerprint density at radius 2 is 1.67 bits per heavy atom. The predicted octanol–water partition coefficient (Wildman–Crippen LogP) is -0.978. The van der Waals surface area contributed by atoms with Gasteiger partial charge in [0.05, 0.1) is 0 Å². The number of hydrogen-bond donors (Lipinski definition) is 4. The van der Waals surface area contributed by atoms with Crippen LogP contribution in [0.2, 0.25) is 0 Å². The Hall–Kier alpha value is -2.31. The van der Waals surface area contributed by atoms with Crippen molar-refractivity contribution in [3.8, 4) is 0 Å². The molecular weight excluding hydrogens is 206 g/mol. The van der Waals surface area contributed by atoms with Gasteiger partial charge in [0.1, 0.15) is 5.70 Å². The first-order chi connectivity index (χ1) is 6.90. The second kappa shape index (κ2) is 3.45. The van der Waals surface area contributed by atoms with E-state index in [-0.39, 0.29) is 0 Å². The second-order valence-corrected chi connectivity index (χ2v) is 2.79. The summed E-state index contributed by atoms with van der Waals surface area (Å²) in [6.45, 7) is 0. The van der Waals surface area contributed by atoms with E-state index in [4.69, 9.17) is 15.3 Å². The summed E-state index contributed by atoms with van der Waals surface area (Å²) in [5, 5.41) is 28.0. The molecule has 0 aromatic rings. The van der Waals surface area contributed by atoms with Gasteiger partial charge >= 0.3 is 17.9 Å². The van der Waals surface area contributed by atoms with Crippen LogP contribution < -0.4 is 5.32 Å². The minimum absolute atomic E-state index is 0.484. The third-order valence-corrected chi connectivity index (χ3v) is 1.85. The van der Waals surface area contributed by atoms with E-state index in [9.17, 15) is 14.4 Å². The van der Waals surface area contributed by atoms with E-state index in [1.165, 1.54) is 0 Å². The third kappa shape index (κ3) is 1.66. The van der Waals surface area contributed by atoms with Gasteiger partial charge in [0.25, 0.3) is 5.54 Å². The molecule has 0 radical (unpaired) electrons. The summed E-state index contributed by atoms with van der Waals surface area (Å²) in [5.74, 6) is -4.79. The predicted molar refractivity (Wildman–Crippen MR) is 46.0 cm³/mol. The summed E-state index contributed by atoms with van der Waals surface area (Å²) in [6.07, 6.45) is 3.01. The minimum atomic E-state index is -2.41. The van der Waals surface area contributed by atoms with Crippen molar-refractivity contribution in [3.05, 3.63) is 23.9 Å². The van der Waals surface area contributed by atoms with Crippen LogP contribution in [-0.4, -0.2) is 38.8 Å². The van der Waals surface area contributed by atoms with Crippen molar-refractivity contribution in [2.24, 2.45) is 0 Å². The van der Waals surface area contributed by atoms with Crippen molar-refractivity contribution in [2.45, 2.75) is 5.54 Å². The lowest BCUT2D eigenvalue weighted by Crippen LogP contribution is -2.58. The highest BCUT2D eigenvalue weighted by molar-refractivity contribution is 6.07. The quantitative estimate of drug-likeness (QED) is 0.444. The van der Waals surface area contributed by atoms with Gasteiger partial charge < -0.3 is 20.6 Å². The molecule has 7 heteroatoms. The van der Waals surface area contributed by atoms with E-state index in [1.807, 2.05) is 5.32 Å². The Morgan fingerprint density at radius 3 is 2.07 bits per heavy atom. The average Bonchev–Trinajstić information content (AvgIpc) is 2.17. The standard InChI is InChI=1S/C8H7NO6/c10-5(11)4-2-1-3-8(9-4,6(12)13)7(14)15/h1-3,9H,(H,10,11)(H,12,13)(H,14,15). The molecule has 1 aliphatic rings. The molecule has 0 atom stereocenters. The number of dihydropyridines is 1. The highest BCUT2D eigenvalue weighted by Gasteiger charge is 2.46. The molecule has 0 aromatic heterocycles.